The molecule has 98 valence electrons. The van der Waals surface area contributed by atoms with Crippen LogP contribution in [0.3, 0.4) is 0 Å². The number of rotatable bonds is 2. The van der Waals surface area contributed by atoms with Gasteiger partial charge in [0, 0.05) is 36.5 Å². The van der Waals surface area contributed by atoms with Crippen molar-refractivity contribution in [2.75, 3.05) is 6.61 Å². The Morgan fingerprint density at radius 2 is 2.22 bits per heavy atom. The number of carbonyl (C=O) groups is 1. The Bertz CT molecular complexity index is 455. The molecule has 0 N–H and O–H groups in total. The Hall–Kier alpha value is -1.09. The van der Waals surface area contributed by atoms with Crippen LogP contribution in [0, 0.1) is 6.92 Å². The molecule has 1 aromatic heterocycles. The van der Waals surface area contributed by atoms with E-state index in [-0.39, 0.29) is 0 Å². The van der Waals surface area contributed by atoms with Crippen LogP contribution in [0.4, 0.5) is 0 Å². The number of Topliss-reactive ketones (excluding diaryl/α,β-unsaturated/α-hetero) is 1. The maximum Gasteiger partial charge on any atom is 0.164 e. The SMILES string of the molecule is Cc1cc2c(n1CC1CCCCO1)CCCC2=O. The van der Waals surface area contributed by atoms with E-state index in [1.807, 2.05) is 0 Å². The van der Waals surface area contributed by atoms with Crippen LogP contribution in [0.15, 0.2) is 6.07 Å². The molecule has 0 bridgehead atoms. The molecule has 3 heteroatoms. The first-order valence-electron chi connectivity index (χ1n) is 7.09. The van der Waals surface area contributed by atoms with Gasteiger partial charge in [0.1, 0.15) is 0 Å². The second kappa shape index (κ2) is 4.88. The van der Waals surface area contributed by atoms with Gasteiger partial charge in [0.2, 0.25) is 0 Å². The molecule has 0 spiro atoms. The molecule has 0 radical (unpaired) electrons. The molecule has 2 heterocycles. The summed E-state index contributed by atoms with van der Waals surface area (Å²) >= 11 is 0. The van der Waals surface area contributed by atoms with Crippen LogP contribution in [0.1, 0.15) is 53.8 Å². The number of aryl methyl sites for hydroxylation is 1. The van der Waals surface area contributed by atoms with E-state index in [4.69, 9.17) is 4.74 Å². The monoisotopic (exact) mass is 247 g/mol. The van der Waals surface area contributed by atoms with Gasteiger partial charge in [-0.3, -0.25) is 4.79 Å². The van der Waals surface area contributed by atoms with Gasteiger partial charge in [0.25, 0.3) is 0 Å². The first-order chi connectivity index (χ1) is 8.75. The molecule has 18 heavy (non-hydrogen) atoms. The van der Waals surface area contributed by atoms with Crippen LogP contribution in [0.25, 0.3) is 0 Å². The highest BCUT2D eigenvalue weighted by Crippen LogP contribution is 2.26. The van der Waals surface area contributed by atoms with Crippen molar-refractivity contribution in [2.24, 2.45) is 0 Å². The Kier molecular flexibility index (Phi) is 3.25. The minimum atomic E-state index is 0.322. The first-order valence-corrected chi connectivity index (χ1v) is 7.09. The second-order valence-corrected chi connectivity index (χ2v) is 5.52. The van der Waals surface area contributed by atoms with Crippen molar-refractivity contribution >= 4 is 5.78 Å². The average molecular weight is 247 g/mol. The lowest BCUT2D eigenvalue weighted by atomic mass is 9.96. The third-order valence-corrected chi connectivity index (χ3v) is 4.19. The van der Waals surface area contributed by atoms with E-state index in [2.05, 4.69) is 17.6 Å². The van der Waals surface area contributed by atoms with Crippen molar-refractivity contribution in [2.45, 2.75) is 58.1 Å². The van der Waals surface area contributed by atoms with Gasteiger partial charge in [-0.1, -0.05) is 0 Å². The molecule has 0 aromatic carbocycles. The van der Waals surface area contributed by atoms with E-state index in [9.17, 15) is 4.79 Å². The van der Waals surface area contributed by atoms with E-state index in [0.29, 0.717) is 11.9 Å². The lowest BCUT2D eigenvalue weighted by Gasteiger charge is -2.25. The molecule has 0 amide bonds. The lowest BCUT2D eigenvalue weighted by molar-refractivity contribution is 0.00528. The third-order valence-electron chi connectivity index (χ3n) is 4.19. The zero-order chi connectivity index (χ0) is 12.5. The van der Waals surface area contributed by atoms with Gasteiger partial charge in [-0.05, 0) is 45.1 Å². The molecule has 1 aliphatic heterocycles. The highest BCUT2D eigenvalue weighted by molar-refractivity contribution is 5.98. The van der Waals surface area contributed by atoms with Gasteiger partial charge in [-0.25, -0.2) is 0 Å². The van der Waals surface area contributed by atoms with E-state index < -0.39 is 0 Å². The number of carbonyl (C=O) groups excluding carboxylic acids is 1. The Balaban J connectivity index is 1.85. The number of nitrogens with zero attached hydrogens (tertiary/aromatic N) is 1. The number of fused-ring (bicyclic) bond motifs is 1. The number of hydrogen-bond acceptors (Lipinski definition) is 2. The summed E-state index contributed by atoms with van der Waals surface area (Å²) in [5.41, 5.74) is 3.43. The fraction of sp³-hybridized carbons (Fsp3) is 0.667. The molecule has 2 aliphatic rings. The zero-order valence-electron chi connectivity index (χ0n) is 11.1. The molecule has 1 unspecified atom stereocenters. The molecular formula is C15H21NO2. The topological polar surface area (TPSA) is 31.2 Å². The largest absolute Gasteiger partial charge is 0.376 e. The van der Waals surface area contributed by atoms with Crippen molar-refractivity contribution in [3.8, 4) is 0 Å². The number of ether oxygens (including phenoxy) is 1. The number of ketones is 1. The predicted molar refractivity (Wildman–Crippen MR) is 70.0 cm³/mol. The van der Waals surface area contributed by atoms with Gasteiger partial charge in [0.05, 0.1) is 6.10 Å². The summed E-state index contributed by atoms with van der Waals surface area (Å²) in [5, 5.41) is 0. The summed E-state index contributed by atoms with van der Waals surface area (Å²) in [5.74, 6) is 0.322. The van der Waals surface area contributed by atoms with E-state index in [1.54, 1.807) is 0 Å². The summed E-state index contributed by atoms with van der Waals surface area (Å²) in [7, 11) is 0. The molecular weight excluding hydrogens is 226 g/mol. The van der Waals surface area contributed by atoms with Gasteiger partial charge in [-0.15, -0.1) is 0 Å². The Morgan fingerprint density at radius 1 is 1.33 bits per heavy atom. The van der Waals surface area contributed by atoms with Crippen molar-refractivity contribution in [1.29, 1.82) is 0 Å². The molecule has 1 atom stereocenters. The van der Waals surface area contributed by atoms with Crippen LogP contribution in [0.5, 0.6) is 0 Å². The maximum absolute atomic E-state index is 11.9. The summed E-state index contributed by atoms with van der Waals surface area (Å²) in [6, 6.07) is 2.07. The maximum atomic E-state index is 11.9. The molecule has 3 nitrogen and oxygen atoms in total. The summed E-state index contributed by atoms with van der Waals surface area (Å²) in [4.78, 5) is 11.9. The predicted octanol–water partition coefficient (Wildman–Crippen LogP) is 2.88. The number of aromatic nitrogens is 1. The summed E-state index contributed by atoms with van der Waals surface area (Å²) < 4.78 is 8.14. The summed E-state index contributed by atoms with van der Waals surface area (Å²) in [6.45, 7) is 3.93. The molecule has 1 saturated heterocycles. The average Bonchev–Trinajstić information content (AvgIpc) is 2.70. The van der Waals surface area contributed by atoms with Crippen LogP contribution < -0.4 is 0 Å². The molecule has 3 rings (SSSR count). The Labute approximate surface area is 108 Å². The van der Waals surface area contributed by atoms with Crippen molar-refractivity contribution in [3.63, 3.8) is 0 Å². The quantitative estimate of drug-likeness (QED) is 0.804. The van der Waals surface area contributed by atoms with Gasteiger partial charge in [-0.2, -0.15) is 0 Å². The third kappa shape index (κ3) is 2.12. The molecule has 0 saturated carbocycles. The van der Waals surface area contributed by atoms with Crippen LogP contribution >= 0.6 is 0 Å². The fourth-order valence-electron chi connectivity index (χ4n) is 3.20. The molecule has 1 aromatic rings. The van der Waals surface area contributed by atoms with Crippen LogP contribution in [0.2, 0.25) is 0 Å². The minimum absolute atomic E-state index is 0.322. The van der Waals surface area contributed by atoms with Crippen molar-refractivity contribution < 1.29 is 9.53 Å². The first kappa shape index (κ1) is 12.0. The van der Waals surface area contributed by atoms with E-state index in [1.165, 1.54) is 24.2 Å². The summed E-state index contributed by atoms with van der Waals surface area (Å²) in [6.07, 6.45) is 6.72. The highest BCUT2D eigenvalue weighted by Gasteiger charge is 2.24. The van der Waals surface area contributed by atoms with Gasteiger partial charge in [0.15, 0.2) is 5.78 Å². The zero-order valence-corrected chi connectivity index (χ0v) is 11.1. The fourth-order valence-corrected chi connectivity index (χ4v) is 3.20. The van der Waals surface area contributed by atoms with E-state index >= 15 is 0 Å². The van der Waals surface area contributed by atoms with Crippen molar-refractivity contribution in [3.05, 3.63) is 23.0 Å². The van der Waals surface area contributed by atoms with E-state index in [0.717, 1.165) is 44.4 Å². The van der Waals surface area contributed by atoms with Crippen molar-refractivity contribution in [1.82, 2.24) is 4.57 Å². The van der Waals surface area contributed by atoms with Gasteiger partial charge >= 0.3 is 0 Å². The molecule has 1 aliphatic carbocycles. The highest BCUT2D eigenvalue weighted by atomic mass is 16.5. The standard InChI is InChI=1S/C15H21NO2/c1-11-9-13-14(6-4-7-15(13)17)16(11)10-12-5-2-3-8-18-12/h9,12H,2-8,10H2,1H3. The minimum Gasteiger partial charge on any atom is -0.376 e. The molecule has 1 fully saturated rings. The van der Waals surface area contributed by atoms with Crippen LogP contribution in [-0.2, 0) is 17.7 Å². The normalized spacial score (nSPS) is 24.1. The smallest absolute Gasteiger partial charge is 0.164 e. The lowest BCUT2D eigenvalue weighted by Crippen LogP contribution is -2.26. The van der Waals surface area contributed by atoms with Crippen LogP contribution in [-0.4, -0.2) is 23.1 Å². The Morgan fingerprint density at radius 3 is 3.00 bits per heavy atom. The second-order valence-electron chi connectivity index (χ2n) is 5.52. The number of hydrogen-bond donors (Lipinski definition) is 0. The van der Waals surface area contributed by atoms with Gasteiger partial charge < -0.3 is 9.30 Å².